The fraction of sp³-hybridized carbons (Fsp3) is 0.867. The Kier molecular flexibility index (Phi) is 5.99. The first kappa shape index (κ1) is 16.2. The molecule has 2 rings (SSSR count). The fourth-order valence-corrected chi connectivity index (χ4v) is 3.03. The van der Waals surface area contributed by atoms with E-state index in [0.29, 0.717) is 26.2 Å². The average Bonchev–Trinajstić information content (AvgIpc) is 2.67. The largest absolute Gasteiger partial charge is 0.383 e. The van der Waals surface area contributed by atoms with E-state index < -0.39 is 0 Å². The van der Waals surface area contributed by atoms with Gasteiger partial charge in [0.05, 0.1) is 25.2 Å². The number of carbonyl (C=O) groups excluding carboxylic acids is 2. The van der Waals surface area contributed by atoms with Crippen LogP contribution in [0.2, 0.25) is 0 Å². The molecule has 0 aromatic heterocycles. The van der Waals surface area contributed by atoms with Crippen molar-refractivity contribution in [3.05, 3.63) is 0 Å². The molecule has 0 aromatic rings. The van der Waals surface area contributed by atoms with Crippen molar-refractivity contribution in [2.45, 2.75) is 32.3 Å². The first-order valence-electron chi connectivity index (χ1n) is 7.80. The van der Waals surface area contributed by atoms with Gasteiger partial charge in [-0.15, -0.1) is 0 Å². The van der Waals surface area contributed by atoms with E-state index in [1.54, 1.807) is 16.9 Å². The number of nitrogens with zero attached hydrogens (tertiary/aromatic N) is 2. The molecule has 2 amide bonds. The van der Waals surface area contributed by atoms with E-state index in [-0.39, 0.29) is 30.4 Å². The van der Waals surface area contributed by atoms with Crippen LogP contribution in [0.4, 0.5) is 0 Å². The normalized spacial score (nSPS) is 27.6. The summed E-state index contributed by atoms with van der Waals surface area (Å²) in [4.78, 5) is 28.4. The number of carbonyl (C=O) groups is 2. The summed E-state index contributed by atoms with van der Waals surface area (Å²) in [6, 6.07) is 0. The summed E-state index contributed by atoms with van der Waals surface area (Å²) in [6.45, 7) is 5.35. The Labute approximate surface area is 126 Å². The quantitative estimate of drug-likeness (QED) is 0.759. The molecule has 2 fully saturated rings. The number of ether oxygens (including phenoxy) is 2. The molecule has 6 nitrogen and oxygen atoms in total. The lowest BCUT2D eigenvalue weighted by Gasteiger charge is -2.32. The second kappa shape index (κ2) is 7.75. The highest BCUT2D eigenvalue weighted by atomic mass is 16.5. The van der Waals surface area contributed by atoms with Crippen LogP contribution in [0.1, 0.15) is 26.2 Å². The molecule has 2 saturated heterocycles. The van der Waals surface area contributed by atoms with Gasteiger partial charge in [0, 0.05) is 33.4 Å². The maximum absolute atomic E-state index is 12.6. The number of hydrogen-bond acceptors (Lipinski definition) is 4. The first-order chi connectivity index (χ1) is 10.1. The molecular weight excluding hydrogens is 272 g/mol. The minimum absolute atomic E-state index is 0.0160. The molecule has 2 aliphatic heterocycles. The van der Waals surface area contributed by atoms with Crippen molar-refractivity contribution in [1.82, 2.24) is 9.80 Å². The van der Waals surface area contributed by atoms with E-state index in [2.05, 4.69) is 0 Å². The van der Waals surface area contributed by atoms with Crippen molar-refractivity contribution in [1.29, 1.82) is 0 Å². The molecule has 0 aromatic carbocycles. The maximum Gasteiger partial charge on any atom is 0.242 e. The van der Waals surface area contributed by atoms with Crippen LogP contribution in [-0.4, -0.2) is 74.2 Å². The molecule has 2 aliphatic rings. The molecule has 0 bridgehead atoms. The van der Waals surface area contributed by atoms with Gasteiger partial charge in [0.15, 0.2) is 0 Å². The summed E-state index contributed by atoms with van der Waals surface area (Å²) in [5, 5.41) is 0. The van der Waals surface area contributed by atoms with E-state index in [4.69, 9.17) is 9.47 Å². The zero-order chi connectivity index (χ0) is 15.2. The van der Waals surface area contributed by atoms with Gasteiger partial charge >= 0.3 is 0 Å². The van der Waals surface area contributed by atoms with Crippen LogP contribution in [0.3, 0.4) is 0 Å². The van der Waals surface area contributed by atoms with Gasteiger partial charge in [-0.05, 0) is 26.2 Å². The third kappa shape index (κ3) is 4.17. The van der Waals surface area contributed by atoms with Crippen LogP contribution in [0, 0.1) is 5.92 Å². The fourth-order valence-electron chi connectivity index (χ4n) is 3.03. The highest BCUT2D eigenvalue weighted by Gasteiger charge is 2.34. The third-order valence-electron chi connectivity index (χ3n) is 4.34. The van der Waals surface area contributed by atoms with Crippen LogP contribution >= 0.6 is 0 Å². The number of hydrogen-bond donors (Lipinski definition) is 0. The summed E-state index contributed by atoms with van der Waals surface area (Å²) in [6.07, 6.45) is 2.55. The van der Waals surface area contributed by atoms with Gasteiger partial charge in [-0.2, -0.15) is 0 Å². The zero-order valence-electron chi connectivity index (χ0n) is 13.0. The summed E-state index contributed by atoms with van der Waals surface area (Å²) in [7, 11) is 1.63. The molecule has 0 radical (unpaired) electrons. The van der Waals surface area contributed by atoms with Gasteiger partial charge in [0.25, 0.3) is 0 Å². The Bertz CT molecular complexity index is 375. The van der Waals surface area contributed by atoms with Crippen molar-refractivity contribution in [3.63, 3.8) is 0 Å². The molecule has 6 heteroatoms. The Morgan fingerprint density at radius 2 is 2.19 bits per heavy atom. The van der Waals surface area contributed by atoms with Crippen LogP contribution in [0.15, 0.2) is 0 Å². The second-order valence-electron chi connectivity index (χ2n) is 5.81. The molecule has 2 heterocycles. The SMILES string of the molecule is COCCN1CCCN(C(=O)[C@@H]2CCCO[C@H]2C)CC1=O. The first-order valence-corrected chi connectivity index (χ1v) is 7.80. The van der Waals surface area contributed by atoms with Crippen molar-refractivity contribution in [2.75, 3.05) is 46.5 Å². The van der Waals surface area contributed by atoms with Gasteiger partial charge in [-0.3, -0.25) is 9.59 Å². The molecule has 2 atom stereocenters. The minimum Gasteiger partial charge on any atom is -0.383 e. The van der Waals surface area contributed by atoms with Crippen LogP contribution in [0.5, 0.6) is 0 Å². The average molecular weight is 298 g/mol. The smallest absolute Gasteiger partial charge is 0.242 e. The van der Waals surface area contributed by atoms with Crippen LogP contribution in [0.25, 0.3) is 0 Å². The summed E-state index contributed by atoms with van der Waals surface area (Å²) in [5.74, 6) is -0.0107. The molecule has 0 aliphatic carbocycles. The van der Waals surface area contributed by atoms with Gasteiger partial charge in [-0.25, -0.2) is 0 Å². The predicted octanol–water partition coefficient (Wildman–Crippen LogP) is 0.509. The Hall–Kier alpha value is -1.14. The van der Waals surface area contributed by atoms with E-state index >= 15 is 0 Å². The third-order valence-corrected chi connectivity index (χ3v) is 4.34. The van der Waals surface area contributed by atoms with Gasteiger partial charge < -0.3 is 19.3 Å². The van der Waals surface area contributed by atoms with Crippen molar-refractivity contribution in [2.24, 2.45) is 5.92 Å². The van der Waals surface area contributed by atoms with Gasteiger partial charge in [0.1, 0.15) is 0 Å². The lowest BCUT2D eigenvalue weighted by molar-refractivity contribution is -0.147. The molecule has 120 valence electrons. The van der Waals surface area contributed by atoms with Crippen molar-refractivity contribution in [3.8, 4) is 0 Å². The molecule has 0 spiro atoms. The lowest BCUT2D eigenvalue weighted by Crippen LogP contribution is -2.46. The maximum atomic E-state index is 12.6. The highest BCUT2D eigenvalue weighted by molar-refractivity contribution is 5.86. The molecule has 0 N–H and O–H groups in total. The number of amides is 2. The lowest BCUT2D eigenvalue weighted by atomic mass is 9.94. The zero-order valence-corrected chi connectivity index (χ0v) is 13.0. The number of rotatable bonds is 4. The molecule has 0 unspecified atom stereocenters. The topological polar surface area (TPSA) is 59.1 Å². The van der Waals surface area contributed by atoms with E-state index in [9.17, 15) is 9.59 Å². The summed E-state index contributed by atoms with van der Waals surface area (Å²) in [5.41, 5.74) is 0. The Balaban J connectivity index is 1.94. The predicted molar refractivity (Wildman–Crippen MR) is 77.8 cm³/mol. The highest BCUT2D eigenvalue weighted by Crippen LogP contribution is 2.23. The van der Waals surface area contributed by atoms with Crippen LogP contribution in [-0.2, 0) is 19.1 Å². The second-order valence-corrected chi connectivity index (χ2v) is 5.81. The van der Waals surface area contributed by atoms with Crippen LogP contribution < -0.4 is 0 Å². The molecule has 21 heavy (non-hydrogen) atoms. The Morgan fingerprint density at radius 1 is 1.38 bits per heavy atom. The van der Waals surface area contributed by atoms with Crippen molar-refractivity contribution >= 4 is 11.8 Å². The monoisotopic (exact) mass is 298 g/mol. The van der Waals surface area contributed by atoms with E-state index in [1.165, 1.54) is 0 Å². The Morgan fingerprint density at radius 3 is 2.90 bits per heavy atom. The number of methoxy groups -OCH3 is 1. The minimum atomic E-state index is -0.0999. The molecule has 0 saturated carbocycles. The summed E-state index contributed by atoms with van der Waals surface area (Å²) >= 11 is 0. The van der Waals surface area contributed by atoms with E-state index in [1.807, 2.05) is 6.92 Å². The standard InChI is InChI=1S/C15H26N2O4/c1-12-13(5-3-9-21-12)15(19)17-7-4-6-16(8-10-20-2)14(18)11-17/h12-13H,3-11H2,1-2H3/t12-,13+/m0/s1. The van der Waals surface area contributed by atoms with E-state index in [0.717, 1.165) is 25.9 Å². The van der Waals surface area contributed by atoms with Crippen molar-refractivity contribution < 1.29 is 19.1 Å². The van der Waals surface area contributed by atoms with Gasteiger partial charge in [0.2, 0.25) is 11.8 Å². The van der Waals surface area contributed by atoms with Gasteiger partial charge in [-0.1, -0.05) is 0 Å². The summed E-state index contributed by atoms with van der Waals surface area (Å²) < 4.78 is 10.6. The molecular formula is C15H26N2O4.